The van der Waals surface area contributed by atoms with Gasteiger partial charge in [0.05, 0.1) is 36.1 Å². The Kier molecular flexibility index (Phi) is 7.76. The maximum absolute atomic E-state index is 12.6. The molecule has 1 fully saturated rings. The van der Waals surface area contributed by atoms with E-state index in [1.807, 2.05) is 0 Å². The van der Waals surface area contributed by atoms with Crippen LogP contribution in [0.2, 0.25) is 0 Å². The molecule has 2 N–H and O–H groups in total. The molecule has 1 heterocycles. The number of nitrogens with one attached hydrogen (secondary N) is 1. The molecular weight excluding hydrogens is 436 g/mol. The highest BCUT2D eigenvalue weighted by atomic mass is 32.2. The fourth-order valence-corrected chi connectivity index (χ4v) is 4.88. The van der Waals surface area contributed by atoms with Crippen molar-refractivity contribution in [3.63, 3.8) is 0 Å². The molecule has 10 heteroatoms. The molecule has 0 spiro atoms. The van der Waals surface area contributed by atoms with E-state index < -0.39 is 27.8 Å². The van der Waals surface area contributed by atoms with Crippen LogP contribution in [0.5, 0.6) is 5.75 Å². The van der Waals surface area contributed by atoms with Crippen LogP contribution in [-0.4, -0.2) is 55.6 Å². The molecule has 1 saturated carbocycles. The van der Waals surface area contributed by atoms with Gasteiger partial charge in [0.2, 0.25) is 10.0 Å². The summed E-state index contributed by atoms with van der Waals surface area (Å²) in [6, 6.07) is 2.65. The predicted octanol–water partition coefficient (Wildman–Crippen LogP) is 3.26. The largest absolute Gasteiger partial charge is 0.491 e. The van der Waals surface area contributed by atoms with Gasteiger partial charge in [-0.1, -0.05) is 38.5 Å². The first-order chi connectivity index (χ1) is 15.2. The van der Waals surface area contributed by atoms with Crippen molar-refractivity contribution >= 4 is 33.5 Å². The molecule has 0 radical (unpaired) electrons. The summed E-state index contributed by atoms with van der Waals surface area (Å²) >= 11 is 0. The Labute approximate surface area is 188 Å². The van der Waals surface area contributed by atoms with Gasteiger partial charge in [-0.3, -0.25) is 24.0 Å². The molecule has 0 aromatic heterocycles. The van der Waals surface area contributed by atoms with Gasteiger partial charge < -0.3 is 9.84 Å². The van der Waals surface area contributed by atoms with E-state index in [0.717, 1.165) is 36.3 Å². The molecule has 0 atom stereocenters. The number of unbranched alkanes of at least 4 members (excludes halogenated alkanes) is 1. The highest BCUT2D eigenvalue weighted by Crippen LogP contribution is 2.35. The van der Waals surface area contributed by atoms with Crippen LogP contribution in [-0.2, 0) is 14.8 Å². The number of rotatable bonds is 11. The second-order valence-corrected chi connectivity index (χ2v) is 10.3. The molecule has 3 rings (SSSR count). The number of aliphatic carboxylic acids is 1. The third-order valence-corrected chi connectivity index (χ3v) is 6.50. The maximum Gasteiger partial charge on any atom is 0.305 e. The van der Waals surface area contributed by atoms with Gasteiger partial charge >= 0.3 is 5.97 Å². The van der Waals surface area contributed by atoms with Crippen LogP contribution in [0, 0.1) is 5.92 Å². The van der Waals surface area contributed by atoms with Gasteiger partial charge in [-0.25, -0.2) is 8.42 Å². The number of carboxylic acid groups (broad SMARTS) is 1. The number of benzene rings is 1. The van der Waals surface area contributed by atoms with E-state index in [0.29, 0.717) is 6.61 Å². The summed E-state index contributed by atoms with van der Waals surface area (Å²) in [6.07, 6.45) is 10.0. The Hall–Kier alpha value is -2.62. The molecule has 176 valence electrons. The number of anilines is 1. The van der Waals surface area contributed by atoms with Crippen molar-refractivity contribution in [3.05, 3.63) is 23.3 Å². The van der Waals surface area contributed by atoms with Gasteiger partial charge in [-0.15, -0.1) is 0 Å². The summed E-state index contributed by atoms with van der Waals surface area (Å²) in [5.74, 6) is -1.45. The molecular formula is C22H30N2O7S. The van der Waals surface area contributed by atoms with Gasteiger partial charge in [0, 0.05) is 6.54 Å². The number of hydrogen-bond donors (Lipinski definition) is 2. The lowest BCUT2D eigenvalue weighted by atomic mass is 9.86. The Morgan fingerprint density at radius 3 is 2.41 bits per heavy atom. The number of amides is 2. The third kappa shape index (κ3) is 6.21. The maximum atomic E-state index is 12.6. The Morgan fingerprint density at radius 2 is 1.78 bits per heavy atom. The summed E-state index contributed by atoms with van der Waals surface area (Å²) < 4.78 is 31.8. The average Bonchev–Trinajstić information content (AvgIpc) is 2.95. The first-order valence-electron chi connectivity index (χ1n) is 11.0. The minimum absolute atomic E-state index is 0.0242. The molecule has 2 aliphatic rings. The molecule has 0 bridgehead atoms. The molecule has 32 heavy (non-hydrogen) atoms. The number of ether oxygens (including phenoxy) is 1. The first-order valence-corrected chi connectivity index (χ1v) is 12.9. The normalized spacial score (nSPS) is 16.8. The highest BCUT2D eigenvalue weighted by molar-refractivity contribution is 7.92. The lowest BCUT2D eigenvalue weighted by Crippen LogP contribution is -2.31. The fourth-order valence-electron chi connectivity index (χ4n) is 4.32. The summed E-state index contributed by atoms with van der Waals surface area (Å²) in [4.78, 5) is 36.9. The Bertz CT molecular complexity index is 984. The van der Waals surface area contributed by atoms with E-state index in [2.05, 4.69) is 4.72 Å². The summed E-state index contributed by atoms with van der Waals surface area (Å²) in [6.45, 7) is 0.0999. The minimum atomic E-state index is -3.65. The van der Waals surface area contributed by atoms with Crippen molar-refractivity contribution in [1.82, 2.24) is 4.90 Å². The van der Waals surface area contributed by atoms with Crippen molar-refractivity contribution in [2.45, 2.75) is 57.8 Å². The molecule has 9 nitrogen and oxygen atoms in total. The van der Waals surface area contributed by atoms with E-state index in [9.17, 15) is 22.8 Å². The van der Waals surface area contributed by atoms with Gasteiger partial charge in [0.15, 0.2) is 0 Å². The molecule has 0 unspecified atom stereocenters. The zero-order valence-electron chi connectivity index (χ0n) is 18.3. The molecule has 1 aliphatic heterocycles. The van der Waals surface area contributed by atoms with E-state index in [4.69, 9.17) is 9.84 Å². The zero-order chi connectivity index (χ0) is 23.3. The quantitative estimate of drug-likeness (QED) is 0.378. The van der Waals surface area contributed by atoms with Crippen molar-refractivity contribution < 1.29 is 32.6 Å². The summed E-state index contributed by atoms with van der Waals surface area (Å²) in [7, 11) is -3.65. The Morgan fingerprint density at radius 1 is 1.12 bits per heavy atom. The zero-order valence-corrected chi connectivity index (χ0v) is 19.1. The van der Waals surface area contributed by atoms with Crippen LogP contribution >= 0.6 is 0 Å². The Balaban J connectivity index is 1.70. The second-order valence-electron chi connectivity index (χ2n) is 8.52. The SMILES string of the molecule is CS(=O)(=O)Nc1cc2c(cc1OCCCCC1CCCCC1)C(=O)N(CCC(=O)O)C2=O. The van der Waals surface area contributed by atoms with E-state index in [1.54, 1.807) is 0 Å². The fraction of sp³-hybridized carbons (Fsp3) is 0.591. The number of hydrogen-bond acceptors (Lipinski definition) is 6. The molecule has 0 saturated heterocycles. The van der Waals surface area contributed by atoms with Crippen LogP contribution in [0.1, 0.15) is 78.5 Å². The molecule has 1 aliphatic carbocycles. The standard InChI is InChI=1S/C22H30N2O7S/c1-32(29,30)23-18-13-16-17(22(28)24(21(16)27)11-10-20(25)26)14-19(18)31-12-6-5-9-15-7-3-2-4-8-15/h13-15,23H,2-12H2,1H3,(H,25,26). The predicted molar refractivity (Wildman–Crippen MR) is 118 cm³/mol. The van der Waals surface area contributed by atoms with E-state index in [-0.39, 0.29) is 35.5 Å². The molecule has 2 amide bonds. The van der Waals surface area contributed by atoms with Crippen LogP contribution in [0.4, 0.5) is 5.69 Å². The van der Waals surface area contributed by atoms with Crippen LogP contribution in [0.15, 0.2) is 12.1 Å². The summed E-state index contributed by atoms with van der Waals surface area (Å²) in [5, 5.41) is 8.86. The smallest absolute Gasteiger partial charge is 0.305 e. The number of carboxylic acids is 1. The number of fused-ring (bicyclic) bond motifs is 1. The van der Waals surface area contributed by atoms with E-state index in [1.165, 1.54) is 44.2 Å². The van der Waals surface area contributed by atoms with Gasteiger partial charge in [-0.05, 0) is 30.9 Å². The lowest BCUT2D eigenvalue weighted by Gasteiger charge is -2.21. The van der Waals surface area contributed by atoms with Crippen molar-refractivity contribution in [3.8, 4) is 5.75 Å². The first kappa shape index (κ1) is 24.0. The van der Waals surface area contributed by atoms with Gasteiger partial charge in [0.1, 0.15) is 5.75 Å². The molecule has 1 aromatic rings. The van der Waals surface area contributed by atoms with Crippen LogP contribution in [0.25, 0.3) is 0 Å². The van der Waals surface area contributed by atoms with Crippen molar-refractivity contribution in [2.75, 3.05) is 24.1 Å². The van der Waals surface area contributed by atoms with Crippen LogP contribution < -0.4 is 9.46 Å². The lowest BCUT2D eigenvalue weighted by molar-refractivity contribution is -0.137. The third-order valence-electron chi connectivity index (χ3n) is 5.90. The van der Waals surface area contributed by atoms with E-state index >= 15 is 0 Å². The number of sulfonamides is 1. The number of carbonyl (C=O) groups is 3. The van der Waals surface area contributed by atoms with Crippen molar-refractivity contribution in [2.24, 2.45) is 5.92 Å². The average molecular weight is 467 g/mol. The van der Waals surface area contributed by atoms with Crippen LogP contribution in [0.3, 0.4) is 0 Å². The van der Waals surface area contributed by atoms with Gasteiger partial charge in [0.25, 0.3) is 11.8 Å². The number of imide groups is 1. The van der Waals surface area contributed by atoms with Crippen molar-refractivity contribution in [1.29, 1.82) is 0 Å². The number of carbonyl (C=O) groups excluding carboxylic acids is 2. The topological polar surface area (TPSA) is 130 Å². The van der Waals surface area contributed by atoms with Gasteiger partial charge in [-0.2, -0.15) is 0 Å². The minimum Gasteiger partial charge on any atom is -0.491 e. The highest BCUT2D eigenvalue weighted by Gasteiger charge is 2.37. The summed E-state index contributed by atoms with van der Waals surface area (Å²) in [5.41, 5.74) is 0.188. The molecule has 1 aromatic carbocycles. The monoisotopic (exact) mass is 466 g/mol. The second kappa shape index (κ2) is 10.3. The number of nitrogens with zero attached hydrogens (tertiary/aromatic N) is 1.